The van der Waals surface area contributed by atoms with E-state index in [1.165, 1.54) is 0 Å². The van der Waals surface area contributed by atoms with Gasteiger partial charge in [0.15, 0.2) is 0 Å². The third kappa shape index (κ3) is 7.54. The molecular weight excluding hydrogens is 594 g/mol. The van der Waals surface area contributed by atoms with Crippen molar-refractivity contribution in [1.82, 2.24) is 14.5 Å². The average Bonchev–Trinajstić information content (AvgIpc) is 3.33. The first-order valence-corrected chi connectivity index (χ1v) is 16.6. The third-order valence-electron chi connectivity index (χ3n) is 7.61. The molecule has 2 aromatic carbocycles. The molecule has 4 aromatic rings. The van der Waals surface area contributed by atoms with Crippen molar-refractivity contribution < 1.29 is 27.5 Å². The second kappa shape index (κ2) is 12.8. The fraction of sp³-hybridized carbons (Fsp3) is 0.394. The van der Waals surface area contributed by atoms with Crippen molar-refractivity contribution in [3.05, 3.63) is 71.5 Å². The number of amides is 1. The summed E-state index contributed by atoms with van der Waals surface area (Å²) in [5, 5.41) is 11.8. The molecule has 0 atom stereocenters. The quantitative estimate of drug-likeness (QED) is 0.245. The molecule has 3 heterocycles. The molecule has 0 bridgehead atoms. The summed E-state index contributed by atoms with van der Waals surface area (Å²) in [5.74, 6) is -0.708. The fourth-order valence-electron chi connectivity index (χ4n) is 5.61. The van der Waals surface area contributed by atoms with E-state index < -0.39 is 21.6 Å². The molecule has 1 fully saturated rings. The van der Waals surface area contributed by atoms with Crippen LogP contribution in [-0.4, -0.2) is 66.0 Å². The van der Waals surface area contributed by atoms with Crippen molar-refractivity contribution in [3.63, 3.8) is 0 Å². The maximum atomic E-state index is 13.4. The van der Waals surface area contributed by atoms with Crippen LogP contribution in [-0.2, 0) is 26.0 Å². The van der Waals surface area contributed by atoms with Gasteiger partial charge in [-0.15, -0.1) is 0 Å². The molecule has 5 rings (SSSR count). The highest BCUT2D eigenvalue weighted by Crippen LogP contribution is 2.29. The SMILES string of the molecule is CCOC(=O)c1cc2ccc(C#N)nc2n1Cc1cc(NS(=O)(=O)CC2CCN(C(=O)OC(C)(C)C)CC2)cc2ccccc12. The predicted octanol–water partition coefficient (Wildman–Crippen LogP) is 5.67. The Hall–Kier alpha value is -4.63. The number of ether oxygens (including phenoxy) is 2. The molecule has 12 heteroatoms. The molecule has 0 aliphatic carbocycles. The lowest BCUT2D eigenvalue weighted by Crippen LogP contribution is -2.43. The van der Waals surface area contributed by atoms with E-state index in [4.69, 9.17) is 9.47 Å². The van der Waals surface area contributed by atoms with E-state index in [0.717, 1.165) is 16.3 Å². The number of anilines is 1. The van der Waals surface area contributed by atoms with Gasteiger partial charge in [0.25, 0.3) is 0 Å². The van der Waals surface area contributed by atoms with E-state index in [1.54, 1.807) is 46.7 Å². The largest absolute Gasteiger partial charge is 0.461 e. The first kappa shape index (κ1) is 31.8. The highest BCUT2D eigenvalue weighted by Gasteiger charge is 2.29. The van der Waals surface area contributed by atoms with Crippen molar-refractivity contribution in [2.45, 2.75) is 52.7 Å². The Labute approximate surface area is 262 Å². The minimum Gasteiger partial charge on any atom is -0.461 e. The lowest BCUT2D eigenvalue weighted by molar-refractivity contribution is 0.0190. The van der Waals surface area contributed by atoms with Gasteiger partial charge in [-0.2, -0.15) is 5.26 Å². The van der Waals surface area contributed by atoms with Crippen LogP contribution in [0.3, 0.4) is 0 Å². The first-order chi connectivity index (χ1) is 21.4. The number of piperidine rings is 1. The van der Waals surface area contributed by atoms with Gasteiger partial charge in [-0.25, -0.2) is 23.0 Å². The Morgan fingerprint density at radius 3 is 2.49 bits per heavy atom. The Balaban J connectivity index is 1.40. The van der Waals surface area contributed by atoms with E-state index in [2.05, 4.69) is 9.71 Å². The number of nitriles is 1. The van der Waals surface area contributed by atoms with Gasteiger partial charge >= 0.3 is 12.1 Å². The molecule has 0 spiro atoms. The summed E-state index contributed by atoms with van der Waals surface area (Å²) >= 11 is 0. The number of esters is 1. The zero-order chi connectivity index (χ0) is 32.4. The molecule has 1 N–H and O–H groups in total. The fourth-order valence-corrected chi connectivity index (χ4v) is 7.13. The number of hydrogen-bond donors (Lipinski definition) is 1. The number of likely N-dealkylation sites (tertiary alicyclic amines) is 1. The van der Waals surface area contributed by atoms with E-state index in [-0.39, 0.29) is 42.3 Å². The molecular formula is C33H37N5O6S. The number of nitrogens with zero attached hydrogens (tertiary/aromatic N) is 4. The van der Waals surface area contributed by atoms with Gasteiger partial charge in [0.1, 0.15) is 28.7 Å². The second-order valence-corrected chi connectivity index (χ2v) is 14.0. The number of carbonyl (C=O) groups is 2. The highest BCUT2D eigenvalue weighted by molar-refractivity contribution is 7.92. The van der Waals surface area contributed by atoms with Gasteiger partial charge in [0.05, 0.1) is 18.9 Å². The van der Waals surface area contributed by atoms with Crippen LogP contribution in [0.2, 0.25) is 0 Å². The Morgan fingerprint density at radius 1 is 1.07 bits per heavy atom. The molecule has 2 aromatic heterocycles. The molecule has 0 unspecified atom stereocenters. The highest BCUT2D eigenvalue weighted by atomic mass is 32.2. The number of sulfonamides is 1. The van der Waals surface area contributed by atoms with Crippen LogP contribution in [0.4, 0.5) is 10.5 Å². The van der Waals surface area contributed by atoms with Crippen LogP contribution >= 0.6 is 0 Å². The average molecular weight is 632 g/mol. The number of benzene rings is 2. The van der Waals surface area contributed by atoms with Crippen molar-refractivity contribution >= 4 is 49.6 Å². The maximum Gasteiger partial charge on any atom is 0.410 e. The van der Waals surface area contributed by atoms with E-state index >= 15 is 0 Å². The number of pyridine rings is 1. The third-order valence-corrected chi connectivity index (χ3v) is 9.07. The minimum atomic E-state index is -3.73. The first-order valence-electron chi connectivity index (χ1n) is 14.9. The van der Waals surface area contributed by atoms with Crippen LogP contribution in [0, 0.1) is 17.2 Å². The van der Waals surface area contributed by atoms with Crippen LogP contribution < -0.4 is 4.72 Å². The normalized spacial score (nSPS) is 14.3. The summed E-state index contributed by atoms with van der Waals surface area (Å²) < 4.78 is 42.0. The lowest BCUT2D eigenvalue weighted by Gasteiger charge is -2.33. The molecule has 1 amide bonds. The summed E-state index contributed by atoms with van der Waals surface area (Å²) in [6.07, 6.45) is 0.724. The molecule has 1 aliphatic heterocycles. The van der Waals surface area contributed by atoms with Crippen LogP contribution in [0.1, 0.15) is 62.3 Å². The van der Waals surface area contributed by atoms with Gasteiger partial charge in [0.2, 0.25) is 10.0 Å². The summed E-state index contributed by atoms with van der Waals surface area (Å²) in [4.78, 5) is 31.5. The number of carbonyl (C=O) groups excluding carboxylic acids is 2. The molecule has 11 nitrogen and oxygen atoms in total. The monoisotopic (exact) mass is 631 g/mol. The van der Waals surface area contributed by atoms with Gasteiger partial charge in [-0.1, -0.05) is 24.3 Å². The van der Waals surface area contributed by atoms with Crippen molar-refractivity contribution in [3.8, 4) is 6.07 Å². The molecule has 1 aliphatic rings. The zero-order valence-corrected chi connectivity index (χ0v) is 26.7. The van der Waals surface area contributed by atoms with E-state index in [9.17, 15) is 23.3 Å². The van der Waals surface area contributed by atoms with Gasteiger partial charge in [-0.05, 0) is 93.1 Å². The smallest absolute Gasteiger partial charge is 0.410 e. The van der Waals surface area contributed by atoms with Crippen LogP contribution in [0.25, 0.3) is 21.8 Å². The van der Waals surface area contributed by atoms with Gasteiger partial charge in [0, 0.05) is 24.2 Å². The number of rotatable bonds is 8. The molecule has 1 saturated heterocycles. The number of nitrogens with one attached hydrogen (secondary N) is 1. The number of hydrogen-bond acceptors (Lipinski definition) is 8. The van der Waals surface area contributed by atoms with Gasteiger partial charge in [-0.3, -0.25) is 4.72 Å². The van der Waals surface area contributed by atoms with Crippen molar-refractivity contribution in [1.29, 1.82) is 5.26 Å². The van der Waals surface area contributed by atoms with Gasteiger partial charge < -0.3 is 18.9 Å². The summed E-state index contributed by atoms with van der Waals surface area (Å²) in [5.41, 5.74) is 1.50. The van der Waals surface area contributed by atoms with E-state index in [0.29, 0.717) is 42.7 Å². The zero-order valence-electron chi connectivity index (χ0n) is 25.9. The van der Waals surface area contributed by atoms with Crippen LogP contribution in [0.15, 0.2) is 54.6 Å². The Kier molecular flexibility index (Phi) is 9.02. The van der Waals surface area contributed by atoms with E-state index in [1.807, 2.05) is 51.1 Å². The topological polar surface area (TPSA) is 144 Å². The summed E-state index contributed by atoms with van der Waals surface area (Å²) in [6.45, 7) is 8.41. The predicted molar refractivity (Wildman–Crippen MR) is 171 cm³/mol. The molecule has 0 radical (unpaired) electrons. The minimum absolute atomic E-state index is 0.0760. The standard InChI is InChI=1S/C33H37N5O6S/c1-5-43-31(39)29-18-24-10-11-26(19-34)35-30(24)38(29)20-25-17-27(16-23-8-6-7-9-28(23)25)36-45(41,42)21-22-12-14-37(15-13-22)32(40)44-33(2,3)4/h6-11,16-18,22,36H,5,12-15,20-21H2,1-4H3. The molecule has 236 valence electrons. The molecule has 0 saturated carbocycles. The van der Waals surface area contributed by atoms with Crippen molar-refractivity contribution in [2.75, 3.05) is 30.2 Å². The summed E-state index contributed by atoms with van der Waals surface area (Å²) in [7, 11) is -3.73. The van der Waals surface area contributed by atoms with Crippen molar-refractivity contribution in [2.24, 2.45) is 5.92 Å². The number of aromatic nitrogens is 2. The Bertz CT molecular complexity index is 1900. The Morgan fingerprint density at radius 2 is 1.80 bits per heavy atom. The van der Waals surface area contributed by atoms with Crippen LogP contribution in [0.5, 0.6) is 0 Å². The lowest BCUT2D eigenvalue weighted by atomic mass is 9.99. The number of fused-ring (bicyclic) bond motifs is 2. The summed E-state index contributed by atoms with van der Waals surface area (Å²) in [6, 6.07) is 18.2. The molecule has 45 heavy (non-hydrogen) atoms. The second-order valence-electron chi connectivity index (χ2n) is 12.2. The maximum absolute atomic E-state index is 13.4.